The highest BCUT2D eigenvalue weighted by atomic mass is 16.2. The molecule has 6 N–H and O–H groups in total. The van der Waals surface area contributed by atoms with Gasteiger partial charge in [-0.15, -0.1) is 0 Å². The van der Waals surface area contributed by atoms with Crippen LogP contribution in [-0.4, -0.2) is 11.8 Å². The monoisotopic (exact) mass is 462 g/mol. The third kappa shape index (κ3) is 5.75. The molecule has 3 fully saturated rings. The second-order valence-corrected chi connectivity index (χ2v) is 11.4. The van der Waals surface area contributed by atoms with E-state index in [1.165, 1.54) is 64.2 Å². The van der Waals surface area contributed by atoms with Gasteiger partial charge in [0.1, 0.15) is 0 Å². The highest BCUT2D eigenvalue weighted by Gasteiger charge is 2.61. The molecule has 0 aliphatic heterocycles. The topological polar surface area (TPSA) is 110 Å². The van der Waals surface area contributed by atoms with Crippen LogP contribution in [0.3, 0.4) is 0 Å². The van der Waals surface area contributed by atoms with Crippen molar-refractivity contribution in [3.63, 3.8) is 0 Å². The fraction of sp³-hybridized carbons (Fsp3) is 0.926. The molecule has 6 nitrogen and oxygen atoms in total. The number of carbonyl (C=O) groups excluding carboxylic acids is 2. The predicted octanol–water partition coefficient (Wildman–Crippen LogP) is 4.97. The molecule has 0 saturated heterocycles. The van der Waals surface area contributed by atoms with Gasteiger partial charge in [-0.2, -0.15) is 0 Å². The van der Waals surface area contributed by atoms with Crippen LogP contribution in [0.15, 0.2) is 0 Å². The average Bonchev–Trinajstić information content (AvgIpc) is 3.12. The van der Waals surface area contributed by atoms with Crippen molar-refractivity contribution >= 4 is 11.8 Å². The highest BCUT2D eigenvalue weighted by molar-refractivity contribution is 5.78. The largest absolute Gasteiger partial charge is 0.294 e. The Hall–Kier alpha value is -1.14. The van der Waals surface area contributed by atoms with Crippen molar-refractivity contribution in [2.24, 2.45) is 52.6 Å². The van der Waals surface area contributed by atoms with Gasteiger partial charge in [0.2, 0.25) is 11.8 Å². The summed E-state index contributed by atoms with van der Waals surface area (Å²) in [6.07, 6.45) is 18.9. The Morgan fingerprint density at radius 2 is 1.12 bits per heavy atom. The van der Waals surface area contributed by atoms with Gasteiger partial charge >= 0.3 is 0 Å². The number of rotatable bonds is 12. The van der Waals surface area contributed by atoms with Crippen LogP contribution in [0.2, 0.25) is 0 Å². The minimum Gasteiger partial charge on any atom is -0.294 e. The van der Waals surface area contributed by atoms with Crippen LogP contribution >= 0.6 is 0 Å². The summed E-state index contributed by atoms with van der Waals surface area (Å²) in [5.74, 6) is 13.9. The van der Waals surface area contributed by atoms with E-state index in [1.807, 2.05) is 0 Å². The minimum atomic E-state index is 0.0228. The molecule has 3 saturated carbocycles. The van der Waals surface area contributed by atoms with Crippen molar-refractivity contribution in [3.8, 4) is 0 Å². The van der Waals surface area contributed by atoms with Gasteiger partial charge in [-0.05, 0) is 80.5 Å². The normalized spacial score (nSPS) is 32.6. The highest BCUT2D eigenvalue weighted by Crippen LogP contribution is 2.67. The van der Waals surface area contributed by atoms with Crippen LogP contribution in [0.1, 0.15) is 117 Å². The Bertz CT molecular complexity index is 586. The van der Waals surface area contributed by atoms with Crippen LogP contribution in [0.25, 0.3) is 0 Å². The molecule has 0 spiro atoms. The second kappa shape index (κ2) is 12.5. The summed E-state index contributed by atoms with van der Waals surface area (Å²) in [6.45, 7) is 4.55. The van der Waals surface area contributed by atoms with E-state index in [9.17, 15) is 9.59 Å². The van der Waals surface area contributed by atoms with E-state index in [1.54, 1.807) is 0 Å². The minimum absolute atomic E-state index is 0.0228. The molecule has 190 valence electrons. The Balaban J connectivity index is 1.91. The van der Waals surface area contributed by atoms with E-state index in [0.29, 0.717) is 23.7 Å². The van der Waals surface area contributed by atoms with Crippen molar-refractivity contribution in [2.45, 2.75) is 117 Å². The van der Waals surface area contributed by atoms with Gasteiger partial charge in [0.05, 0.1) is 0 Å². The van der Waals surface area contributed by atoms with E-state index < -0.39 is 0 Å². The van der Waals surface area contributed by atoms with E-state index in [2.05, 4.69) is 24.7 Å². The number of nitrogens with two attached hydrogens (primary N) is 2. The Morgan fingerprint density at radius 1 is 0.697 bits per heavy atom. The van der Waals surface area contributed by atoms with Crippen molar-refractivity contribution in [3.05, 3.63) is 0 Å². The molecule has 0 aromatic carbocycles. The molecule has 33 heavy (non-hydrogen) atoms. The van der Waals surface area contributed by atoms with E-state index in [4.69, 9.17) is 11.7 Å². The molecule has 6 atom stereocenters. The number of unbranched alkanes of at least 4 members (excludes halogenated alkanes) is 6. The zero-order valence-corrected chi connectivity index (χ0v) is 21.2. The summed E-state index contributed by atoms with van der Waals surface area (Å²) in [5, 5.41) is 0. The van der Waals surface area contributed by atoms with Gasteiger partial charge in [-0.1, -0.05) is 65.2 Å². The Kier molecular flexibility index (Phi) is 10.0. The molecule has 0 bridgehead atoms. The lowest BCUT2D eigenvalue weighted by Gasteiger charge is -2.46. The lowest BCUT2D eigenvalue weighted by Crippen LogP contribution is -2.44. The van der Waals surface area contributed by atoms with Gasteiger partial charge in [-0.25, -0.2) is 11.7 Å². The summed E-state index contributed by atoms with van der Waals surface area (Å²) >= 11 is 0. The molecule has 0 heterocycles. The lowest BCUT2D eigenvalue weighted by atomic mass is 9.58. The van der Waals surface area contributed by atoms with Crippen molar-refractivity contribution in [1.29, 1.82) is 0 Å². The van der Waals surface area contributed by atoms with Crippen LogP contribution in [0, 0.1) is 40.9 Å². The molecule has 0 aromatic heterocycles. The summed E-state index contributed by atoms with van der Waals surface area (Å²) < 4.78 is 0. The lowest BCUT2D eigenvalue weighted by molar-refractivity contribution is -0.128. The maximum absolute atomic E-state index is 12.6. The third-order valence-electron chi connectivity index (χ3n) is 9.85. The maximum atomic E-state index is 12.6. The zero-order chi connectivity index (χ0) is 23.8. The van der Waals surface area contributed by atoms with Gasteiger partial charge < -0.3 is 0 Å². The van der Waals surface area contributed by atoms with Gasteiger partial charge in [0, 0.05) is 11.8 Å². The van der Waals surface area contributed by atoms with Gasteiger partial charge in [-0.3, -0.25) is 20.4 Å². The molecule has 0 aromatic rings. The van der Waals surface area contributed by atoms with Crippen LogP contribution < -0.4 is 22.5 Å². The van der Waals surface area contributed by atoms with E-state index >= 15 is 0 Å². The summed E-state index contributed by atoms with van der Waals surface area (Å²) in [4.78, 5) is 25.1. The molecule has 0 radical (unpaired) electrons. The number of nitrogens with one attached hydrogen (secondary N) is 2. The number of hydrazine groups is 2. The smallest absolute Gasteiger partial charge is 0.236 e. The molecule has 3 rings (SSSR count). The first kappa shape index (κ1) is 26.5. The number of carbonyl (C=O) groups is 2. The van der Waals surface area contributed by atoms with Crippen molar-refractivity contribution in [1.82, 2.24) is 10.9 Å². The number of hydrogen-bond acceptors (Lipinski definition) is 4. The molecule has 2 amide bonds. The summed E-state index contributed by atoms with van der Waals surface area (Å²) in [7, 11) is 0. The summed E-state index contributed by atoms with van der Waals surface area (Å²) in [5.41, 5.74) is 5.16. The van der Waals surface area contributed by atoms with Crippen LogP contribution in [0.4, 0.5) is 0 Å². The zero-order valence-electron chi connectivity index (χ0n) is 21.2. The molecule has 3 aliphatic rings. The number of hydrogen-bond donors (Lipinski definition) is 4. The Labute approximate surface area is 201 Å². The van der Waals surface area contributed by atoms with E-state index in [-0.39, 0.29) is 29.1 Å². The maximum Gasteiger partial charge on any atom is 0.236 e. The number of amides is 2. The SMILES string of the molecule is CCCCCCC1(CCCCCC)C2CC(C(=O)NN)CCC2C2CCC(C(=O)NN)CC21. The molecule has 3 aliphatic carbocycles. The van der Waals surface area contributed by atoms with Gasteiger partial charge in [0.15, 0.2) is 0 Å². The van der Waals surface area contributed by atoms with Crippen molar-refractivity contribution in [2.75, 3.05) is 0 Å². The fourth-order valence-corrected chi connectivity index (χ4v) is 8.35. The Morgan fingerprint density at radius 3 is 1.48 bits per heavy atom. The van der Waals surface area contributed by atoms with Gasteiger partial charge in [0.25, 0.3) is 0 Å². The van der Waals surface area contributed by atoms with E-state index in [0.717, 1.165) is 38.5 Å². The van der Waals surface area contributed by atoms with Crippen LogP contribution in [0.5, 0.6) is 0 Å². The quantitative estimate of drug-likeness (QED) is 0.142. The second-order valence-electron chi connectivity index (χ2n) is 11.4. The molecule has 6 unspecified atom stereocenters. The number of fused-ring (bicyclic) bond motifs is 3. The molecule has 6 heteroatoms. The summed E-state index contributed by atoms with van der Waals surface area (Å²) in [6, 6.07) is 0. The van der Waals surface area contributed by atoms with Crippen LogP contribution in [-0.2, 0) is 9.59 Å². The first-order valence-electron chi connectivity index (χ1n) is 14.0. The third-order valence-corrected chi connectivity index (χ3v) is 9.85. The fourth-order valence-electron chi connectivity index (χ4n) is 8.35. The average molecular weight is 463 g/mol. The standard InChI is InChI=1S/C27H50N4O2/c1-3-5-7-9-15-27(16-10-8-6-4-2)23-17-19(25(32)30-28)11-13-21(23)22-14-12-20(18-24(22)27)26(33)31-29/h19-24H,3-18,28-29H2,1-2H3,(H,30,32)(H,31,33). The first-order valence-corrected chi connectivity index (χ1v) is 14.0. The molecular formula is C27H50N4O2. The molecular weight excluding hydrogens is 412 g/mol. The first-order chi connectivity index (χ1) is 16.0. The predicted molar refractivity (Wildman–Crippen MR) is 133 cm³/mol. The van der Waals surface area contributed by atoms with Crippen molar-refractivity contribution < 1.29 is 9.59 Å².